The summed E-state index contributed by atoms with van der Waals surface area (Å²) >= 11 is 4.27. The summed E-state index contributed by atoms with van der Waals surface area (Å²) < 4.78 is 5.30. The van der Waals surface area contributed by atoms with Crippen molar-refractivity contribution in [2.75, 3.05) is 12.3 Å². The van der Waals surface area contributed by atoms with Crippen LogP contribution in [0.4, 0.5) is 4.79 Å². The predicted octanol–water partition coefficient (Wildman–Crippen LogP) is 4.18. The number of thiol groups is 1. The van der Waals surface area contributed by atoms with Crippen LogP contribution in [-0.4, -0.2) is 52.8 Å². The molecule has 0 aliphatic heterocycles. The molecular weight excluding hydrogens is 438 g/mol. The maximum Gasteiger partial charge on any atom is 0.408 e. The number of benzene rings is 1. The second-order valence-corrected chi connectivity index (χ2v) is 9.48. The van der Waals surface area contributed by atoms with E-state index >= 15 is 0 Å². The number of nitrogens with zero attached hydrogens (tertiary/aromatic N) is 1. The highest BCUT2D eigenvalue weighted by atomic mass is 32.1. The molecule has 0 aliphatic carbocycles. The molecule has 3 unspecified atom stereocenters. The van der Waals surface area contributed by atoms with Crippen LogP contribution >= 0.6 is 12.6 Å². The number of carbonyl (C=O) groups excluding carboxylic acids is 3. The van der Waals surface area contributed by atoms with Gasteiger partial charge in [-0.15, -0.1) is 6.58 Å². The normalized spacial score (nSPS) is 13.9. The summed E-state index contributed by atoms with van der Waals surface area (Å²) in [5, 5.41) is 5.62. The number of amides is 3. The number of hydrogen-bond donors (Lipinski definition) is 3. The Morgan fingerprint density at radius 2 is 1.85 bits per heavy atom. The number of hydrogen-bond acceptors (Lipinski definition) is 5. The maximum atomic E-state index is 13.6. The van der Waals surface area contributed by atoms with Crippen molar-refractivity contribution in [3.05, 3.63) is 48.0 Å². The molecule has 1 aromatic rings. The lowest BCUT2D eigenvalue weighted by Gasteiger charge is -2.34. The molecule has 0 saturated heterocycles. The molecule has 0 saturated carbocycles. The number of carbonyl (C=O) groups is 3. The van der Waals surface area contributed by atoms with Gasteiger partial charge in [0.2, 0.25) is 11.8 Å². The van der Waals surface area contributed by atoms with Crippen molar-refractivity contribution in [3.8, 4) is 0 Å². The summed E-state index contributed by atoms with van der Waals surface area (Å²) in [6.45, 7) is 15.0. The third-order valence-electron chi connectivity index (χ3n) is 4.93. The topological polar surface area (TPSA) is 87.7 Å². The zero-order valence-electron chi connectivity index (χ0n) is 20.7. The average Bonchev–Trinajstić information content (AvgIpc) is 2.71. The molecule has 0 heterocycles. The van der Waals surface area contributed by atoms with E-state index < -0.39 is 29.7 Å². The Labute approximate surface area is 203 Å². The molecule has 7 nitrogen and oxygen atoms in total. The Morgan fingerprint density at radius 1 is 1.21 bits per heavy atom. The highest BCUT2D eigenvalue weighted by Crippen LogP contribution is 2.26. The van der Waals surface area contributed by atoms with E-state index in [-0.39, 0.29) is 24.2 Å². The van der Waals surface area contributed by atoms with Crippen LogP contribution in [0, 0.1) is 6.92 Å². The largest absolute Gasteiger partial charge is 0.444 e. The molecule has 2 N–H and O–H groups in total. The van der Waals surface area contributed by atoms with Gasteiger partial charge in [-0.1, -0.05) is 43.7 Å². The smallest absolute Gasteiger partial charge is 0.408 e. The predicted molar refractivity (Wildman–Crippen MR) is 135 cm³/mol. The van der Waals surface area contributed by atoms with Gasteiger partial charge in [0.25, 0.3) is 0 Å². The Kier molecular flexibility index (Phi) is 11.5. The summed E-state index contributed by atoms with van der Waals surface area (Å²) in [6, 6.07) is 5.54. The van der Waals surface area contributed by atoms with E-state index in [2.05, 4.69) is 36.8 Å². The minimum absolute atomic E-state index is 0.0417. The Balaban J connectivity index is 3.34. The molecule has 0 fully saturated rings. The number of ether oxygens (including phenoxy) is 1. The summed E-state index contributed by atoms with van der Waals surface area (Å²) in [4.78, 5) is 40.8. The number of nitrogens with one attached hydrogen (secondary N) is 2. The number of alkyl carbamates (subject to hydrolysis) is 1. The summed E-state index contributed by atoms with van der Waals surface area (Å²) in [5.74, 6) is -0.682. The van der Waals surface area contributed by atoms with Gasteiger partial charge in [0.1, 0.15) is 17.7 Å². The van der Waals surface area contributed by atoms with Crippen molar-refractivity contribution in [1.82, 2.24) is 15.5 Å². The third-order valence-corrected chi connectivity index (χ3v) is 5.30. The van der Waals surface area contributed by atoms with Gasteiger partial charge in [-0.25, -0.2) is 4.79 Å². The summed E-state index contributed by atoms with van der Waals surface area (Å²) in [5.41, 5.74) is 0.878. The molecule has 1 aromatic carbocycles. The van der Waals surface area contributed by atoms with Crippen LogP contribution in [0.15, 0.2) is 36.9 Å². The van der Waals surface area contributed by atoms with Gasteiger partial charge in [0.05, 0.1) is 0 Å². The number of rotatable bonds is 11. The standard InChI is InChI=1S/C25H39N3O4S/c1-8-12-18(4)26-22(29)21(19-14-11-10-13-17(19)3)28(15-9-2)23(30)20(16-33)27-24(31)32-25(5,6)7/h9-11,13-14,18,20-21,33H,2,8,12,15-16H2,1,3-7H3,(H,26,29)(H,27,31). The molecule has 0 radical (unpaired) electrons. The van der Waals surface area contributed by atoms with Crippen LogP contribution in [0.2, 0.25) is 0 Å². The zero-order valence-corrected chi connectivity index (χ0v) is 21.6. The van der Waals surface area contributed by atoms with Crippen LogP contribution in [-0.2, 0) is 14.3 Å². The Hall–Kier alpha value is -2.48. The van der Waals surface area contributed by atoms with Gasteiger partial charge < -0.3 is 20.3 Å². The third kappa shape index (κ3) is 9.12. The fraction of sp³-hybridized carbons (Fsp3) is 0.560. The van der Waals surface area contributed by atoms with Crippen LogP contribution < -0.4 is 10.6 Å². The van der Waals surface area contributed by atoms with E-state index in [4.69, 9.17) is 4.74 Å². The molecule has 33 heavy (non-hydrogen) atoms. The first-order valence-electron chi connectivity index (χ1n) is 11.3. The summed E-state index contributed by atoms with van der Waals surface area (Å²) in [7, 11) is 0. The van der Waals surface area contributed by atoms with Gasteiger partial charge in [-0.05, 0) is 52.2 Å². The zero-order chi connectivity index (χ0) is 25.2. The monoisotopic (exact) mass is 477 g/mol. The van der Waals surface area contributed by atoms with Crippen LogP contribution in [0.1, 0.15) is 64.6 Å². The lowest BCUT2D eigenvalue weighted by atomic mass is 9.97. The molecule has 3 atom stereocenters. The van der Waals surface area contributed by atoms with E-state index in [9.17, 15) is 14.4 Å². The van der Waals surface area contributed by atoms with Crippen molar-refractivity contribution in [1.29, 1.82) is 0 Å². The molecule has 3 amide bonds. The second kappa shape index (κ2) is 13.3. The molecule has 1 rings (SSSR count). The first-order chi connectivity index (χ1) is 15.4. The minimum Gasteiger partial charge on any atom is -0.444 e. The van der Waals surface area contributed by atoms with Crippen LogP contribution in [0.3, 0.4) is 0 Å². The Bertz CT molecular complexity index is 822. The molecule has 0 bridgehead atoms. The fourth-order valence-corrected chi connectivity index (χ4v) is 3.72. The van der Waals surface area contributed by atoms with Gasteiger partial charge in [0.15, 0.2) is 0 Å². The van der Waals surface area contributed by atoms with Gasteiger partial charge in [-0.2, -0.15) is 12.6 Å². The lowest BCUT2D eigenvalue weighted by Crippen LogP contribution is -2.54. The van der Waals surface area contributed by atoms with Crippen molar-refractivity contribution in [2.45, 2.75) is 78.1 Å². The van der Waals surface area contributed by atoms with E-state index in [1.807, 2.05) is 38.1 Å². The molecular formula is C25H39N3O4S. The maximum absolute atomic E-state index is 13.6. The minimum atomic E-state index is -0.976. The van der Waals surface area contributed by atoms with E-state index in [0.717, 1.165) is 18.4 Å². The first-order valence-corrected chi connectivity index (χ1v) is 12.0. The highest BCUT2D eigenvalue weighted by molar-refractivity contribution is 7.80. The van der Waals surface area contributed by atoms with E-state index in [1.165, 1.54) is 4.90 Å². The number of aryl methyl sites for hydroxylation is 1. The lowest BCUT2D eigenvalue weighted by molar-refractivity contribution is -0.141. The van der Waals surface area contributed by atoms with E-state index in [0.29, 0.717) is 5.56 Å². The van der Waals surface area contributed by atoms with Crippen molar-refractivity contribution < 1.29 is 19.1 Å². The van der Waals surface area contributed by atoms with Crippen LogP contribution in [0.5, 0.6) is 0 Å². The SMILES string of the molecule is C=CCN(C(=O)C(CS)NC(=O)OC(C)(C)C)C(C(=O)NC(C)CCC)c1ccccc1C. The first kappa shape index (κ1) is 28.6. The second-order valence-electron chi connectivity index (χ2n) is 9.12. The van der Waals surface area contributed by atoms with Gasteiger partial charge in [0, 0.05) is 18.3 Å². The van der Waals surface area contributed by atoms with E-state index in [1.54, 1.807) is 26.8 Å². The highest BCUT2D eigenvalue weighted by Gasteiger charge is 2.36. The van der Waals surface area contributed by atoms with Crippen molar-refractivity contribution >= 4 is 30.5 Å². The molecule has 0 spiro atoms. The molecule has 0 aliphatic rings. The Morgan fingerprint density at radius 3 is 2.36 bits per heavy atom. The summed E-state index contributed by atoms with van der Waals surface area (Å²) in [6.07, 6.45) is 2.59. The van der Waals surface area contributed by atoms with Crippen molar-refractivity contribution in [3.63, 3.8) is 0 Å². The molecule has 8 heteroatoms. The van der Waals surface area contributed by atoms with Crippen molar-refractivity contribution in [2.24, 2.45) is 0 Å². The quantitative estimate of drug-likeness (QED) is 0.330. The fourth-order valence-electron chi connectivity index (χ4n) is 3.47. The van der Waals surface area contributed by atoms with Gasteiger partial charge >= 0.3 is 6.09 Å². The molecule has 0 aromatic heterocycles. The molecule has 184 valence electrons. The van der Waals surface area contributed by atoms with Gasteiger partial charge in [-0.3, -0.25) is 9.59 Å². The average molecular weight is 478 g/mol. The van der Waals surface area contributed by atoms with Crippen LogP contribution in [0.25, 0.3) is 0 Å².